The van der Waals surface area contributed by atoms with E-state index in [0.29, 0.717) is 23.0 Å². The summed E-state index contributed by atoms with van der Waals surface area (Å²) in [6.07, 6.45) is 0. The maximum absolute atomic E-state index is 12.5. The molecule has 0 saturated heterocycles. The van der Waals surface area contributed by atoms with E-state index in [-0.39, 0.29) is 18.1 Å². The average molecular weight is 388 g/mol. The topological polar surface area (TPSA) is 78.1 Å². The summed E-state index contributed by atoms with van der Waals surface area (Å²) in [5.74, 6) is 2.71. The Bertz CT molecular complexity index is 809. The lowest BCUT2D eigenvalue weighted by molar-refractivity contribution is 0.234. The lowest BCUT2D eigenvalue weighted by atomic mass is 10.1. The van der Waals surface area contributed by atoms with Crippen molar-refractivity contribution in [2.45, 2.75) is 25.9 Å². The Kier molecular flexibility index (Phi) is 7.37. The van der Waals surface area contributed by atoms with Crippen LogP contribution in [0.2, 0.25) is 0 Å². The van der Waals surface area contributed by atoms with Crippen LogP contribution in [0.15, 0.2) is 36.4 Å². The summed E-state index contributed by atoms with van der Waals surface area (Å²) in [5, 5.41) is 5.86. The molecule has 0 fully saturated rings. The Morgan fingerprint density at radius 3 is 1.82 bits per heavy atom. The first-order valence-electron chi connectivity index (χ1n) is 8.94. The number of amides is 2. The molecule has 7 nitrogen and oxygen atoms in total. The van der Waals surface area contributed by atoms with E-state index in [1.807, 2.05) is 44.2 Å². The normalized spacial score (nSPS) is 12.5. The first-order valence-corrected chi connectivity index (χ1v) is 8.94. The Hall–Kier alpha value is -3.09. The SMILES string of the molecule is COc1ccc(C(C)NC(=O)NC(C)c2cc(OC)ccc2OC)c(OC)c1. The highest BCUT2D eigenvalue weighted by Gasteiger charge is 2.18. The molecule has 0 aliphatic rings. The maximum Gasteiger partial charge on any atom is 0.315 e. The van der Waals surface area contributed by atoms with Gasteiger partial charge in [0.1, 0.15) is 23.0 Å². The van der Waals surface area contributed by atoms with Crippen LogP contribution in [-0.4, -0.2) is 34.5 Å². The molecule has 0 aliphatic heterocycles. The third-order valence-corrected chi connectivity index (χ3v) is 4.51. The van der Waals surface area contributed by atoms with Crippen LogP contribution in [0.25, 0.3) is 0 Å². The van der Waals surface area contributed by atoms with Crippen LogP contribution in [0, 0.1) is 0 Å². The molecule has 152 valence electrons. The van der Waals surface area contributed by atoms with Gasteiger partial charge in [-0.15, -0.1) is 0 Å². The second-order valence-corrected chi connectivity index (χ2v) is 6.28. The summed E-state index contributed by atoms with van der Waals surface area (Å²) in [4.78, 5) is 12.5. The molecule has 2 aromatic carbocycles. The van der Waals surface area contributed by atoms with Gasteiger partial charge in [-0.3, -0.25) is 0 Å². The number of urea groups is 1. The molecule has 2 amide bonds. The number of rotatable bonds is 8. The van der Waals surface area contributed by atoms with Gasteiger partial charge in [0.25, 0.3) is 0 Å². The van der Waals surface area contributed by atoms with Gasteiger partial charge in [-0.1, -0.05) is 0 Å². The maximum atomic E-state index is 12.5. The Morgan fingerprint density at radius 2 is 1.25 bits per heavy atom. The number of ether oxygens (including phenoxy) is 4. The van der Waals surface area contributed by atoms with E-state index in [1.54, 1.807) is 34.5 Å². The van der Waals surface area contributed by atoms with E-state index in [2.05, 4.69) is 10.6 Å². The molecular weight excluding hydrogens is 360 g/mol. The van der Waals surface area contributed by atoms with Crippen LogP contribution in [-0.2, 0) is 0 Å². The molecule has 0 aromatic heterocycles. The van der Waals surface area contributed by atoms with E-state index < -0.39 is 0 Å². The minimum Gasteiger partial charge on any atom is -0.497 e. The van der Waals surface area contributed by atoms with Gasteiger partial charge >= 0.3 is 6.03 Å². The smallest absolute Gasteiger partial charge is 0.315 e. The standard InChI is InChI=1S/C21H28N2O5/c1-13(17-9-7-16(26-4)12-20(17)28-6)22-21(24)23-14(2)18-11-15(25-3)8-10-19(18)27-5/h7-14H,1-6H3,(H2,22,23,24). The van der Waals surface area contributed by atoms with Crippen molar-refractivity contribution >= 4 is 6.03 Å². The van der Waals surface area contributed by atoms with Gasteiger partial charge in [0.05, 0.1) is 40.5 Å². The van der Waals surface area contributed by atoms with Crippen LogP contribution in [0.3, 0.4) is 0 Å². The van der Waals surface area contributed by atoms with Crippen LogP contribution >= 0.6 is 0 Å². The van der Waals surface area contributed by atoms with Gasteiger partial charge in [-0.25, -0.2) is 4.79 Å². The number of nitrogens with one attached hydrogen (secondary N) is 2. The molecule has 2 N–H and O–H groups in total. The highest BCUT2D eigenvalue weighted by molar-refractivity contribution is 5.75. The molecular formula is C21H28N2O5. The highest BCUT2D eigenvalue weighted by Crippen LogP contribution is 2.30. The van der Waals surface area contributed by atoms with Gasteiger partial charge in [-0.05, 0) is 44.2 Å². The Morgan fingerprint density at radius 1 is 0.714 bits per heavy atom. The fraction of sp³-hybridized carbons (Fsp3) is 0.381. The molecule has 2 rings (SSSR count). The molecule has 0 aliphatic carbocycles. The molecule has 2 aromatic rings. The van der Waals surface area contributed by atoms with Crippen molar-refractivity contribution < 1.29 is 23.7 Å². The summed E-state index contributed by atoms with van der Waals surface area (Å²) in [6.45, 7) is 3.77. The van der Waals surface area contributed by atoms with Crippen molar-refractivity contribution in [1.82, 2.24) is 10.6 Å². The molecule has 28 heavy (non-hydrogen) atoms. The molecule has 0 heterocycles. The molecule has 0 saturated carbocycles. The van der Waals surface area contributed by atoms with Crippen molar-refractivity contribution in [3.8, 4) is 23.0 Å². The highest BCUT2D eigenvalue weighted by atomic mass is 16.5. The van der Waals surface area contributed by atoms with Gasteiger partial charge in [0, 0.05) is 17.2 Å². The number of benzene rings is 2. The van der Waals surface area contributed by atoms with Crippen molar-refractivity contribution in [1.29, 1.82) is 0 Å². The van der Waals surface area contributed by atoms with Gasteiger partial charge in [0.15, 0.2) is 0 Å². The fourth-order valence-corrected chi connectivity index (χ4v) is 2.94. The lowest BCUT2D eigenvalue weighted by Crippen LogP contribution is -2.38. The van der Waals surface area contributed by atoms with E-state index >= 15 is 0 Å². The van der Waals surface area contributed by atoms with Crippen LogP contribution in [0.5, 0.6) is 23.0 Å². The first-order chi connectivity index (χ1) is 13.4. The summed E-state index contributed by atoms with van der Waals surface area (Å²) < 4.78 is 21.3. The predicted molar refractivity (Wildman–Crippen MR) is 108 cm³/mol. The molecule has 0 bridgehead atoms. The summed E-state index contributed by atoms with van der Waals surface area (Å²) in [5.41, 5.74) is 1.68. The molecule has 0 radical (unpaired) electrons. The van der Waals surface area contributed by atoms with Crippen molar-refractivity contribution in [2.75, 3.05) is 28.4 Å². The number of hydrogen-bond donors (Lipinski definition) is 2. The lowest BCUT2D eigenvalue weighted by Gasteiger charge is -2.22. The monoisotopic (exact) mass is 388 g/mol. The predicted octanol–water partition coefficient (Wildman–Crippen LogP) is 3.84. The molecule has 0 spiro atoms. The van der Waals surface area contributed by atoms with Gasteiger partial charge in [0.2, 0.25) is 0 Å². The Labute approximate surface area is 165 Å². The fourth-order valence-electron chi connectivity index (χ4n) is 2.94. The van der Waals surface area contributed by atoms with Crippen LogP contribution < -0.4 is 29.6 Å². The zero-order valence-corrected chi connectivity index (χ0v) is 17.2. The number of carbonyl (C=O) groups excluding carboxylic acids is 1. The van der Waals surface area contributed by atoms with Crippen molar-refractivity contribution in [3.05, 3.63) is 47.5 Å². The quantitative estimate of drug-likeness (QED) is 0.718. The summed E-state index contributed by atoms with van der Waals surface area (Å²) in [7, 11) is 6.37. The van der Waals surface area contributed by atoms with Crippen molar-refractivity contribution in [2.24, 2.45) is 0 Å². The minimum absolute atomic E-state index is 0.264. The largest absolute Gasteiger partial charge is 0.497 e. The summed E-state index contributed by atoms with van der Waals surface area (Å²) in [6, 6.07) is 10.1. The van der Waals surface area contributed by atoms with Gasteiger partial charge < -0.3 is 29.6 Å². The second kappa shape index (κ2) is 9.73. The number of carbonyl (C=O) groups is 1. The van der Waals surface area contributed by atoms with E-state index in [4.69, 9.17) is 18.9 Å². The first kappa shape index (κ1) is 21.2. The minimum atomic E-state index is -0.303. The van der Waals surface area contributed by atoms with E-state index in [1.165, 1.54) is 0 Å². The van der Waals surface area contributed by atoms with Crippen LogP contribution in [0.4, 0.5) is 4.79 Å². The molecule has 7 heteroatoms. The summed E-state index contributed by atoms with van der Waals surface area (Å²) >= 11 is 0. The van der Waals surface area contributed by atoms with Crippen LogP contribution in [0.1, 0.15) is 37.1 Å². The second-order valence-electron chi connectivity index (χ2n) is 6.28. The molecule has 2 unspecified atom stereocenters. The number of hydrogen-bond acceptors (Lipinski definition) is 5. The average Bonchev–Trinajstić information content (AvgIpc) is 2.72. The van der Waals surface area contributed by atoms with E-state index in [9.17, 15) is 4.79 Å². The Balaban J connectivity index is 2.09. The third kappa shape index (κ3) is 5.00. The van der Waals surface area contributed by atoms with Gasteiger partial charge in [-0.2, -0.15) is 0 Å². The number of methoxy groups -OCH3 is 4. The molecule has 2 atom stereocenters. The van der Waals surface area contributed by atoms with E-state index in [0.717, 1.165) is 11.1 Å². The zero-order valence-electron chi connectivity index (χ0n) is 17.2. The van der Waals surface area contributed by atoms with Crippen molar-refractivity contribution in [3.63, 3.8) is 0 Å². The third-order valence-electron chi connectivity index (χ3n) is 4.51. The zero-order chi connectivity index (χ0) is 20.7.